The van der Waals surface area contributed by atoms with Gasteiger partial charge < -0.3 is 4.57 Å². The van der Waals surface area contributed by atoms with Gasteiger partial charge in [0.25, 0.3) is 5.91 Å². The highest BCUT2D eigenvalue weighted by atomic mass is 16.6. The van der Waals surface area contributed by atoms with Crippen LogP contribution in [0.1, 0.15) is 5.69 Å². The smallest absolute Gasteiger partial charge is 0.267 e. The lowest BCUT2D eigenvalue weighted by molar-refractivity contribution is -0.126. The predicted octanol–water partition coefficient (Wildman–Crippen LogP) is 0.716. The Hall–Kier alpha value is -1.55. The van der Waals surface area contributed by atoms with Crippen molar-refractivity contribution in [2.75, 3.05) is 7.11 Å². The van der Waals surface area contributed by atoms with Crippen LogP contribution in [-0.4, -0.2) is 17.6 Å². The maximum atomic E-state index is 10.9. The van der Waals surface area contributed by atoms with Crippen molar-refractivity contribution in [2.45, 2.75) is 0 Å². The number of hydrogen-bond donors (Lipinski definition) is 1. The summed E-state index contributed by atoms with van der Waals surface area (Å²) in [5.74, 6) is -0.274. The highest BCUT2D eigenvalue weighted by Crippen LogP contribution is 2.01. The number of aromatic nitrogens is 1. The molecule has 0 aromatic carbocycles. The molecule has 4 heteroatoms. The van der Waals surface area contributed by atoms with E-state index in [0.717, 1.165) is 5.69 Å². The number of nitrogens with one attached hydrogen (secondary N) is 1. The van der Waals surface area contributed by atoms with E-state index in [-0.39, 0.29) is 5.91 Å². The Kier molecular flexibility index (Phi) is 3.28. The second-order valence-electron chi connectivity index (χ2n) is 2.55. The Balaban J connectivity index is 2.58. The number of hydrogen-bond acceptors (Lipinski definition) is 2. The van der Waals surface area contributed by atoms with E-state index in [4.69, 9.17) is 0 Å². The van der Waals surface area contributed by atoms with Crippen LogP contribution in [0.25, 0.3) is 6.08 Å². The van der Waals surface area contributed by atoms with E-state index < -0.39 is 0 Å². The van der Waals surface area contributed by atoms with Crippen molar-refractivity contribution in [1.29, 1.82) is 0 Å². The first-order valence-electron chi connectivity index (χ1n) is 3.86. The summed E-state index contributed by atoms with van der Waals surface area (Å²) in [7, 11) is 3.31. The second-order valence-corrected chi connectivity index (χ2v) is 2.55. The van der Waals surface area contributed by atoms with Gasteiger partial charge in [-0.2, -0.15) is 0 Å². The van der Waals surface area contributed by atoms with Gasteiger partial charge in [0.15, 0.2) is 0 Å². The molecule has 0 saturated heterocycles. The predicted molar refractivity (Wildman–Crippen MR) is 49.6 cm³/mol. The SMILES string of the molecule is CONC(=O)/C=C/c1cccn1C. The van der Waals surface area contributed by atoms with Gasteiger partial charge in [-0.1, -0.05) is 0 Å². The lowest BCUT2D eigenvalue weighted by atomic mass is 10.4. The molecule has 0 unspecified atom stereocenters. The Labute approximate surface area is 76.8 Å². The van der Waals surface area contributed by atoms with Crippen molar-refractivity contribution < 1.29 is 9.63 Å². The molecule has 13 heavy (non-hydrogen) atoms. The van der Waals surface area contributed by atoms with E-state index in [9.17, 15) is 4.79 Å². The van der Waals surface area contributed by atoms with Crippen molar-refractivity contribution in [3.8, 4) is 0 Å². The number of aryl methyl sites for hydroxylation is 1. The third-order valence-corrected chi connectivity index (χ3v) is 1.59. The van der Waals surface area contributed by atoms with Crippen molar-refractivity contribution in [3.05, 3.63) is 30.1 Å². The lowest BCUT2D eigenvalue weighted by Gasteiger charge is -1.96. The fourth-order valence-corrected chi connectivity index (χ4v) is 0.943. The Morgan fingerprint density at radius 1 is 1.69 bits per heavy atom. The standard InChI is InChI=1S/C9H12N2O2/c1-11-7-3-4-8(11)5-6-9(12)10-13-2/h3-7H,1-2H3,(H,10,12)/b6-5+. The van der Waals surface area contributed by atoms with Gasteiger partial charge in [-0.3, -0.25) is 9.63 Å². The quantitative estimate of drug-likeness (QED) is 0.550. The average molecular weight is 180 g/mol. The molecule has 0 aliphatic carbocycles. The van der Waals surface area contributed by atoms with Gasteiger partial charge in [0.2, 0.25) is 0 Å². The van der Waals surface area contributed by atoms with Crippen LogP contribution in [-0.2, 0) is 16.7 Å². The minimum Gasteiger partial charge on any atom is -0.351 e. The van der Waals surface area contributed by atoms with E-state index in [2.05, 4.69) is 10.3 Å². The molecule has 0 saturated carbocycles. The summed E-state index contributed by atoms with van der Waals surface area (Å²) in [6.07, 6.45) is 5.04. The zero-order valence-electron chi connectivity index (χ0n) is 7.65. The average Bonchev–Trinajstić information content (AvgIpc) is 2.48. The molecule has 1 N–H and O–H groups in total. The molecule has 70 valence electrons. The van der Waals surface area contributed by atoms with Gasteiger partial charge in [0.05, 0.1) is 7.11 Å². The zero-order valence-corrected chi connectivity index (χ0v) is 7.65. The van der Waals surface area contributed by atoms with E-state index in [1.807, 2.05) is 29.9 Å². The highest BCUT2D eigenvalue weighted by Gasteiger charge is 1.94. The molecule has 0 atom stereocenters. The first kappa shape index (κ1) is 9.54. The Morgan fingerprint density at radius 3 is 3.00 bits per heavy atom. The summed E-state index contributed by atoms with van der Waals surface area (Å²) in [6, 6.07) is 3.82. The molecule has 0 radical (unpaired) electrons. The third-order valence-electron chi connectivity index (χ3n) is 1.59. The minimum atomic E-state index is -0.274. The number of hydroxylamine groups is 1. The van der Waals surface area contributed by atoms with E-state index in [1.54, 1.807) is 6.08 Å². The van der Waals surface area contributed by atoms with Crippen LogP contribution in [0.3, 0.4) is 0 Å². The number of nitrogens with zero attached hydrogens (tertiary/aromatic N) is 1. The first-order valence-corrected chi connectivity index (χ1v) is 3.86. The normalized spacial score (nSPS) is 10.6. The van der Waals surface area contributed by atoms with Crippen LogP contribution >= 0.6 is 0 Å². The summed E-state index contributed by atoms with van der Waals surface area (Å²) in [4.78, 5) is 15.4. The van der Waals surface area contributed by atoms with Crippen LogP contribution in [0.2, 0.25) is 0 Å². The van der Waals surface area contributed by atoms with Gasteiger partial charge in [0, 0.05) is 25.0 Å². The number of rotatable bonds is 3. The molecular formula is C9H12N2O2. The van der Waals surface area contributed by atoms with Crippen LogP contribution in [0.5, 0.6) is 0 Å². The number of carbonyl (C=O) groups excluding carboxylic acids is 1. The number of carbonyl (C=O) groups is 1. The summed E-state index contributed by atoms with van der Waals surface area (Å²) in [6.45, 7) is 0. The molecule has 1 heterocycles. The third kappa shape index (κ3) is 2.76. The monoisotopic (exact) mass is 180 g/mol. The van der Waals surface area contributed by atoms with Crippen molar-refractivity contribution in [3.63, 3.8) is 0 Å². The molecule has 1 aromatic heterocycles. The Bertz CT molecular complexity index is 315. The molecule has 4 nitrogen and oxygen atoms in total. The van der Waals surface area contributed by atoms with E-state index >= 15 is 0 Å². The van der Waals surface area contributed by atoms with E-state index in [1.165, 1.54) is 13.2 Å². The molecule has 1 amide bonds. The summed E-state index contributed by atoms with van der Waals surface area (Å²) >= 11 is 0. The van der Waals surface area contributed by atoms with Gasteiger partial charge >= 0.3 is 0 Å². The van der Waals surface area contributed by atoms with Crippen molar-refractivity contribution in [2.24, 2.45) is 7.05 Å². The molecule has 0 spiro atoms. The lowest BCUT2D eigenvalue weighted by Crippen LogP contribution is -2.18. The Morgan fingerprint density at radius 2 is 2.46 bits per heavy atom. The first-order chi connectivity index (χ1) is 6.24. The summed E-state index contributed by atoms with van der Waals surface area (Å²) in [5, 5.41) is 0. The van der Waals surface area contributed by atoms with E-state index in [0.29, 0.717) is 0 Å². The van der Waals surface area contributed by atoms with Gasteiger partial charge in [-0.05, 0) is 18.2 Å². The topological polar surface area (TPSA) is 43.3 Å². The molecule has 0 aliphatic heterocycles. The largest absolute Gasteiger partial charge is 0.351 e. The fourth-order valence-electron chi connectivity index (χ4n) is 0.943. The van der Waals surface area contributed by atoms with Gasteiger partial charge in [0.1, 0.15) is 0 Å². The maximum absolute atomic E-state index is 10.9. The van der Waals surface area contributed by atoms with Crippen LogP contribution in [0.15, 0.2) is 24.4 Å². The molecule has 1 aromatic rings. The minimum absolute atomic E-state index is 0.274. The molecular weight excluding hydrogens is 168 g/mol. The van der Waals surface area contributed by atoms with Crippen molar-refractivity contribution >= 4 is 12.0 Å². The molecule has 0 bridgehead atoms. The number of amides is 1. The zero-order chi connectivity index (χ0) is 9.68. The summed E-state index contributed by atoms with van der Waals surface area (Å²) < 4.78 is 1.91. The van der Waals surface area contributed by atoms with Crippen LogP contribution < -0.4 is 5.48 Å². The molecule has 0 aliphatic rings. The molecule has 0 fully saturated rings. The summed E-state index contributed by atoms with van der Waals surface area (Å²) in [5.41, 5.74) is 3.16. The fraction of sp³-hybridized carbons (Fsp3) is 0.222. The molecule has 1 rings (SSSR count). The van der Waals surface area contributed by atoms with Gasteiger partial charge in [-0.15, -0.1) is 0 Å². The maximum Gasteiger partial charge on any atom is 0.267 e. The van der Waals surface area contributed by atoms with Crippen LogP contribution in [0, 0.1) is 0 Å². The second kappa shape index (κ2) is 4.47. The highest BCUT2D eigenvalue weighted by molar-refractivity contribution is 5.90. The van der Waals surface area contributed by atoms with Crippen LogP contribution in [0.4, 0.5) is 0 Å². The van der Waals surface area contributed by atoms with Gasteiger partial charge in [-0.25, -0.2) is 5.48 Å². The van der Waals surface area contributed by atoms with Crippen molar-refractivity contribution in [1.82, 2.24) is 10.0 Å².